The molecule has 5 heteroatoms. The summed E-state index contributed by atoms with van der Waals surface area (Å²) < 4.78 is 40.3. The van der Waals surface area contributed by atoms with Crippen molar-refractivity contribution in [3.63, 3.8) is 0 Å². The highest BCUT2D eigenvalue weighted by Gasteiger charge is 2.27. The van der Waals surface area contributed by atoms with Crippen LogP contribution in [0.3, 0.4) is 0 Å². The second-order valence-corrected chi connectivity index (χ2v) is 6.99. The van der Waals surface area contributed by atoms with E-state index in [1.807, 2.05) is 37.4 Å². The lowest BCUT2D eigenvalue weighted by Crippen LogP contribution is -2.35. The molecule has 0 saturated heterocycles. The third kappa shape index (κ3) is 3.57. The van der Waals surface area contributed by atoms with Crippen molar-refractivity contribution < 1.29 is 13.2 Å². The van der Waals surface area contributed by atoms with Gasteiger partial charge in [-0.2, -0.15) is 0 Å². The first-order valence-electron chi connectivity index (χ1n) is 9.30. The Labute approximate surface area is 162 Å². The van der Waals surface area contributed by atoms with E-state index in [2.05, 4.69) is 10.6 Å². The molecule has 0 bridgehead atoms. The second-order valence-electron chi connectivity index (χ2n) is 6.99. The van der Waals surface area contributed by atoms with Crippen LogP contribution in [0.1, 0.15) is 23.1 Å². The number of nitrogens with one attached hydrogen (secondary N) is 2. The van der Waals surface area contributed by atoms with Crippen molar-refractivity contribution in [3.8, 4) is 0 Å². The number of rotatable bonds is 3. The number of anilines is 1. The van der Waals surface area contributed by atoms with Crippen molar-refractivity contribution in [2.45, 2.75) is 25.3 Å². The van der Waals surface area contributed by atoms with Crippen LogP contribution in [-0.2, 0) is 6.42 Å². The van der Waals surface area contributed by atoms with Gasteiger partial charge in [0.2, 0.25) is 0 Å². The highest BCUT2D eigenvalue weighted by atomic mass is 19.3. The predicted octanol–water partition coefficient (Wildman–Crippen LogP) is 5.40. The van der Waals surface area contributed by atoms with Crippen LogP contribution in [0.4, 0.5) is 18.9 Å². The first-order valence-corrected chi connectivity index (χ1v) is 9.30. The number of hydrogen-bond donors (Lipinski definition) is 2. The summed E-state index contributed by atoms with van der Waals surface area (Å²) in [5.74, 6) is -0.288. The third-order valence-electron chi connectivity index (χ3n) is 5.19. The number of fused-ring (bicyclic) bond motifs is 1. The second kappa shape index (κ2) is 7.58. The number of alkyl halides is 2. The summed E-state index contributed by atoms with van der Waals surface area (Å²) in [5, 5.41) is 6.10. The minimum absolute atomic E-state index is 0.288. The lowest BCUT2D eigenvalue weighted by Gasteiger charge is -2.25. The van der Waals surface area contributed by atoms with Gasteiger partial charge < -0.3 is 10.6 Å². The van der Waals surface area contributed by atoms with Gasteiger partial charge in [-0.25, -0.2) is 13.2 Å². The molecule has 1 heterocycles. The summed E-state index contributed by atoms with van der Waals surface area (Å²) in [6, 6.07) is 11.7. The Hall–Kier alpha value is -2.95. The van der Waals surface area contributed by atoms with Crippen molar-refractivity contribution >= 4 is 17.3 Å². The lowest BCUT2D eigenvalue weighted by atomic mass is 9.91. The zero-order valence-corrected chi connectivity index (χ0v) is 15.5. The number of aryl methyl sites for hydroxylation is 1. The zero-order chi connectivity index (χ0) is 19.7. The van der Waals surface area contributed by atoms with Gasteiger partial charge in [-0.3, -0.25) is 0 Å². The van der Waals surface area contributed by atoms with Crippen LogP contribution in [0.15, 0.2) is 65.9 Å². The van der Waals surface area contributed by atoms with Gasteiger partial charge in [0.25, 0.3) is 6.43 Å². The van der Waals surface area contributed by atoms with E-state index in [9.17, 15) is 13.2 Å². The molecule has 0 radical (unpaired) electrons. The molecule has 2 aromatic carbocycles. The largest absolute Gasteiger partial charge is 0.388 e. The van der Waals surface area contributed by atoms with Gasteiger partial charge in [-0.15, -0.1) is 0 Å². The average molecular weight is 382 g/mol. The van der Waals surface area contributed by atoms with Gasteiger partial charge in [-0.1, -0.05) is 30.4 Å². The molecule has 2 nitrogen and oxygen atoms in total. The lowest BCUT2D eigenvalue weighted by molar-refractivity contribution is 0.121. The Morgan fingerprint density at radius 2 is 2.00 bits per heavy atom. The predicted molar refractivity (Wildman–Crippen MR) is 108 cm³/mol. The molecule has 1 atom stereocenters. The fourth-order valence-corrected chi connectivity index (χ4v) is 3.78. The van der Waals surface area contributed by atoms with Crippen LogP contribution in [0, 0.1) is 5.82 Å². The van der Waals surface area contributed by atoms with Gasteiger partial charge >= 0.3 is 0 Å². The van der Waals surface area contributed by atoms with E-state index in [4.69, 9.17) is 0 Å². The molecule has 2 aromatic rings. The van der Waals surface area contributed by atoms with Gasteiger partial charge in [-0.05, 0) is 65.4 Å². The standard InChI is InChI=1S/C23H21F3N2/c1-27-17-4-2-3-14(11-17)12-20-18-7-6-16(24)13-15(18)5-9-21-19(20)8-10-22(28-21)23(25)26/h2-4,6-8,10-13,22-23,27-28H,5,9H2,1H3/b20-12-. The number of halogens is 3. The molecule has 2 aliphatic rings. The molecule has 2 N–H and O–H groups in total. The average Bonchev–Trinajstić information content (AvgIpc) is 2.84. The summed E-state index contributed by atoms with van der Waals surface area (Å²) in [6.45, 7) is 0. The van der Waals surface area contributed by atoms with Crippen molar-refractivity contribution in [1.29, 1.82) is 0 Å². The molecule has 0 saturated carbocycles. The molecule has 1 unspecified atom stereocenters. The molecular weight excluding hydrogens is 361 g/mol. The quantitative estimate of drug-likeness (QED) is 0.743. The van der Waals surface area contributed by atoms with Crippen LogP contribution < -0.4 is 10.6 Å². The van der Waals surface area contributed by atoms with E-state index in [0.29, 0.717) is 12.8 Å². The van der Waals surface area contributed by atoms with Crippen molar-refractivity contribution in [3.05, 3.63) is 88.4 Å². The molecular formula is C23H21F3N2. The molecule has 144 valence electrons. The van der Waals surface area contributed by atoms with Gasteiger partial charge in [0, 0.05) is 24.0 Å². The van der Waals surface area contributed by atoms with E-state index < -0.39 is 12.5 Å². The van der Waals surface area contributed by atoms with Gasteiger partial charge in [0.15, 0.2) is 0 Å². The first-order chi connectivity index (χ1) is 13.5. The van der Waals surface area contributed by atoms with Crippen LogP contribution in [0.25, 0.3) is 11.6 Å². The Bertz CT molecular complexity index is 989. The van der Waals surface area contributed by atoms with E-state index in [1.165, 1.54) is 12.1 Å². The highest BCUT2D eigenvalue weighted by molar-refractivity contribution is 5.95. The third-order valence-corrected chi connectivity index (χ3v) is 5.19. The molecule has 28 heavy (non-hydrogen) atoms. The smallest absolute Gasteiger partial charge is 0.261 e. The summed E-state index contributed by atoms with van der Waals surface area (Å²) in [4.78, 5) is 0. The van der Waals surface area contributed by atoms with Crippen molar-refractivity contribution in [2.24, 2.45) is 0 Å². The number of dihydropyridines is 1. The van der Waals surface area contributed by atoms with Gasteiger partial charge in [0.1, 0.15) is 11.9 Å². The topological polar surface area (TPSA) is 24.1 Å². The number of allylic oxidation sites excluding steroid dienone is 4. The monoisotopic (exact) mass is 382 g/mol. The SMILES string of the molecule is CNc1cccc(/C=C2\C3=C(CCc4cc(F)ccc42)NC(C(F)F)C=C3)c1. The van der Waals surface area contributed by atoms with Gasteiger partial charge in [0.05, 0.1) is 0 Å². The maximum absolute atomic E-state index is 13.8. The van der Waals surface area contributed by atoms with E-state index in [0.717, 1.165) is 39.2 Å². The fourth-order valence-electron chi connectivity index (χ4n) is 3.78. The maximum Gasteiger partial charge on any atom is 0.261 e. The Kier molecular flexibility index (Phi) is 4.99. The summed E-state index contributed by atoms with van der Waals surface area (Å²) in [7, 11) is 1.86. The molecule has 1 aliphatic heterocycles. The fraction of sp³-hybridized carbons (Fsp3) is 0.217. The highest BCUT2D eigenvalue weighted by Crippen LogP contribution is 2.38. The van der Waals surface area contributed by atoms with Crippen LogP contribution in [0.2, 0.25) is 0 Å². The molecule has 0 amide bonds. The van der Waals surface area contributed by atoms with Crippen molar-refractivity contribution in [2.75, 3.05) is 12.4 Å². The maximum atomic E-state index is 13.8. The summed E-state index contributed by atoms with van der Waals surface area (Å²) in [6.07, 6.45) is 4.00. The minimum atomic E-state index is -2.48. The molecule has 0 aromatic heterocycles. The van der Waals surface area contributed by atoms with E-state index in [-0.39, 0.29) is 5.82 Å². The Morgan fingerprint density at radius 3 is 2.79 bits per heavy atom. The number of benzene rings is 2. The normalized spacial score (nSPS) is 19.9. The molecule has 0 fully saturated rings. The molecule has 1 aliphatic carbocycles. The summed E-state index contributed by atoms with van der Waals surface area (Å²) >= 11 is 0. The van der Waals surface area contributed by atoms with Crippen molar-refractivity contribution in [1.82, 2.24) is 5.32 Å². The Morgan fingerprint density at radius 1 is 1.14 bits per heavy atom. The molecule has 0 spiro atoms. The summed E-state index contributed by atoms with van der Waals surface area (Å²) in [5.41, 5.74) is 6.35. The first kappa shape index (κ1) is 18.4. The number of hydrogen-bond acceptors (Lipinski definition) is 2. The Balaban J connectivity index is 1.86. The van der Waals surface area contributed by atoms with Crippen LogP contribution in [0.5, 0.6) is 0 Å². The van der Waals surface area contributed by atoms with Crippen LogP contribution >= 0.6 is 0 Å². The minimum Gasteiger partial charge on any atom is -0.388 e. The van der Waals surface area contributed by atoms with Crippen LogP contribution in [-0.4, -0.2) is 19.5 Å². The van der Waals surface area contributed by atoms with E-state index >= 15 is 0 Å². The molecule has 4 rings (SSSR count). The zero-order valence-electron chi connectivity index (χ0n) is 15.5. The van der Waals surface area contributed by atoms with E-state index in [1.54, 1.807) is 18.2 Å².